The fourth-order valence-corrected chi connectivity index (χ4v) is 8.74. The summed E-state index contributed by atoms with van der Waals surface area (Å²) in [5.41, 5.74) is 11.0. The number of para-hydroxylation sites is 4. The van der Waals surface area contributed by atoms with Gasteiger partial charge in [-0.2, -0.15) is 0 Å². The molecular formula is C49H46N6O. The first-order chi connectivity index (χ1) is 27.0. The first-order valence-electron chi connectivity index (χ1n) is 19.8. The number of ether oxygens (including phenoxy) is 1. The van der Waals surface area contributed by atoms with Gasteiger partial charge in [0, 0.05) is 36.0 Å². The number of rotatable bonds is 5. The molecule has 0 spiro atoms. The summed E-state index contributed by atoms with van der Waals surface area (Å²) in [6, 6.07) is 40.6. The molecule has 5 heterocycles. The molecule has 5 aromatic carbocycles. The Morgan fingerprint density at radius 1 is 0.679 bits per heavy atom. The van der Waals surface area contributed by atoms with Gasteiger partial charge in [0.25, 0.3) is 6.33 Å². The van der Waals surface area contributed by atoms with Crippen molar-refractivity contribution in [2.45, 2.75) is 78.2 Å². The minimum absolute atomic E-state index is 0.0674. The second-order valence-corrected chi connectivity index (χ2v) is 17.2. The minimum Gasteiger partial charge on any atom is -0.458 e. The zero-order valence-corrected chi connectivity index (χ0v) is 33.0. The lowest BCUT2D eigenvalue weighted by atomic mass is 9.78. The Balaban J connectivity index is 1.09. The zero-order chi connectivity index (χ0) is 38.3. The summed E-state index contributed by atoms with van der Waals surface area (Å²) >= 11 is 0. The van der Waals surface area contributed by atoms with Crippen molar-refractivity contribution in [3.05, 3.63) is 145 Å². The Bertz CT molecular complexity index is 2950. The van der Waals surface area contributed by atoms with Crippen LogP contribution in [0.2, 0.25) is 0 Å². The lowest BCUT2D eigenvalue weighted by molar-refractivity contribution is -0.574. The Kier molecular flexibility index (Phi) is 7.76. The van der Waals surface area contributed by atoms with E-state index in [0.29, 0.717) is 0 Å². The molecular weight excluding hydrogens is 689 g/mol. The Labute approximate surface area is 327 Å². The molecule has 278 valence electrons. The summed E-state index contributed by atoms with van der Waals surface area (Å²) in [6.45, 7) is 14.7. The standard InChI is InChI=1S/C49H46N6O/c1-48(2,3)37-18-14-19-38(49(4,5)6)45(37)54-31-53(41-21-9-10-22-42(41)54)32-15-13-16-33(29-32)56-34-24-25-36-35-17-7-8-20-40(35)55(43(36)30-34)47-46-39(26-27-50-47)51-44-23-11-12-28-52(44)46/h7-10,13-22,24-27,29-30H,11-12,23,28H2,1-6H3. The Hall–Kier alpha value is -6.21. The van der Waals surface area contributed by atoms with Crippen LogP contribution in [0.5, 0.6) is 11.5 Å². The fourth-order valence-electron chi connectivity index (χ4n) is 8.74. The molecule has 10 rings (SSSR count). The van der Waals surface area contributed by atoms with Gasteiger partial charge in [-0.1, -0.05) is 108 Å². The average Bonchev–Trinajstić information content (AvgIpc) is 3.87. The van der Waals surface area contributed by atoms with Crippen molar-refractivity contribution < 1.29 is 9.30 Å². The molecule has 0 unspecified atom stereocenters. The maximum absolute atomic E-state index is 6.74. The van der Waals surface area contributed by atoms with E-state index in [1.54, 1.807) is 0 Å². The van der Waals surface area contributed by atoms with Crippen molar-refractivity contribution in [2.75, 3.05) is 0 Å². The summed E-state index contributed by atoms with van der Waals surface area (Å²) in [5.74, 6) is 3.56. The van der Waals surface area contributed by atoms with Crippen LogP contribution in [0.3, 0.4) is 0 Å². The van der Waals surface area contributed by atoms with E-state index in [2.05, 4.69) is 169 Å². The topological polar surface area (TPSA) is 53.7 Å². The number of imidazole rings is 2. The highest BCUT2D eigenvalue weighted by Crippen LogP contribution is 2.39. The smallest absolute Gasteiger partial charge is 0.269 e. The van der Waals surface area contributed by atoms with E-state index in [9.17, 15) is 0 Å². The number of aromatic nitrogens is 6. The van der Waals surface area contributed by atoms with Gasteiger partial charge in [0.15, 0.2) is 5.82 Å². The molecule has 0 fully saturated rings. The molecule has 0 saturated heterocycles. The lowest BCUT2D eigenvalue weighted by Gasteiger charge is -2.30. The van der Waals surface area contributed by atoms with Crippen molar-refractivity contribution in [3.63, 3.8) is 0 Å². The fraction of sp³-hybridized carbons (Fsp3) is 0.245. The molecule has 0 aliphatic carbocycles. The van der Waals surface area contributed by atoms with Gasteiger partial charge in [-0.3, -0.25) is 13.7 Å². The molecule has 7 heteroatoms. The number of hydrogen-bond donors (Lipinski definition) is 0. The number of hydrogen-bond acceptors (Lipinski definition) is 3. The third-order valence-electron chi connectivity index (χ3n) is 11.4. The van der Waals surface area contributed by atoms with Crippen LogP contribution >= 0.6 is 0 Å². The monoisotopic (exact) mass is 734 g/mol. The highest BCUT2D eigenvalue weighted by atomic mass is 16.5. The number of aryl methyl sites for hydroxylation is 2. The van der Waals surface area contributed by atoms with Crippen LogP contribution in [0.4, 0.5) is 0 Å². The summed E-state index contributed by atoms with van der Waals surface area (Å²) in [7, 11) is 0. The van der Waals surface area contributed by atoms with E-state index in [1.165, 1.54) is 28.6 Å². The van der Waals surface area contributed by atoms with Gasteiger partial charge in [0.2, 0.25) is 0 Å². The summed E-state index contributed by atoms with van der Waals surface area (Å²) < 4.78 is 15.8. The molecule has 1 aliphatic heterocycles. The largest absolute Gasteiger partial charge is 0.458 e. The maximum Gasteiger partial charge on any atom is 0.269 e. The van der Waals surface area contributed by atoms with Crippen LogP contribution in [0.25, 0.3) is 61.1 Å². The van der Waals surface area contributed by atoms with Crippen LogP contribution < -0.4 is 9.30 Å². The zero-order valence-electron chi connectivity index (χ0n) is 33.0. The Morgan fingerprint density at radius 2 is 1.39 bits per heavy atom. The molecule has 0 saturated carbocycles. The lowest BCUT2D eigenvalue weighted by Crippen LogP contribution is -2.37. The molecule has 0 radical (unpaired) electrons. The van der Waals surface area contributed by atoms with Gasteiger partial charge < -0.3 is 9.30 Å². The van der Waals surface area contributed by atoms with E-state index in [1.807, 2.05) is 18.3 Å². The number of pyridine rings is 1. The highest BCUT2D eigenvalue weighted by molar-refractivity contribution is 6.10. The highest BCUT2D eigenvalue weighted by Gasteiger charge is 2.28. The predicted octanol–water partition coefficient (Wildman–Crippen LogP) is 11.3. The molecule has 0 atom stereocenters. The second-order valence-electron chi connectivity index (χ2n) is 17.2. The number of benzene rings is 5. The Morgan fingerprint density at radius 3 is 2.20 bits per heavy atom. The van der Waals surface area contributed by atoms with Crippen LogP contribution in [-0.2, 0) is 23.8 Å². The van der Waals surface area contributed by atoms with Crippen molar-refractivity contribution in [2.24, 2.45) is 0 Å². The van der Waals surface area contributed by atoms with Gasteiger partial charge in [0.1, 0.15) is 22.8 Å². The van der Waals surface area contributed by atoms with Crippen molar-refractivity contribution in [1.82, 2.24) is 23.7 Å². The summed E-state index contributed by atoms with van der Waals surface area (Å²) in [5, 5.41) is 2.33. The summed E-state index contributed by atoms with van der Waals surface area (Å²) in [6.07, 6.45) is 9.00. The maximum atomic E-state index is 6.74. The van der Waals surface area contributed by atoms with Gasteiger partial charge >= 0.3 is 0 Å². The van der Waals surface area contributed by atoms with Gasteiger partial charge in [-0.15, -0.1) is 0 Å². The molecule has 0 bridgehead atoms. The quantitative estimate of drug-likeness (QED) is 0.131. The van der Waals surface area contributed by atoms with E-state index in [-0.39, 0.29) is 10.8 Å². The normalized spacial score (nSPS) is 13.6. The van der Waals surface area contributed by atoms with Crippen molar-refractivity contribution in [1.29, 1.82) is 0 Å². The molecule has 0 amide bonds. The van der Waals surface area contributed by atoms with Gasteiger partial charge in [0.05, 0.1) is 39.0 Å². The van der Waals surface area contributed by atoms with Crippen LogP contribution in [-0.4, -0.2) is 23.7 Å². The average molecular weight is 735 g/mol. The van der Waals surface area contributed by atoms with Crippen molar-refractivity contribution in [3.8, 4) is 28.7 Å². The molecule has 0 N–H and O–H groups in total. The van der Waals surface area contributed by atoms with E-state index >= 15 is 0 Å². The summed E-state index contributed by atoms with van der Waals surface area (Å²) in [4.78, 5) is 10.1. The molecule has 4 aromatic heterocycles. The first-order valence-corrected chi connectivity index (χ1v) is 19.8. The molecule has 1 aliphatic rings. The molecule has 9 aromatic rings. The minimum atomic E-state index is -0.0674. The second kappa shape index (κ2) is 12.7. The third kappa shape index (κ3) is 5.51. The van der Waals surface area contributed by atoms with E-state index in [4.69, 9.17) is 14.7 Å². The van der Waals surface area contributed by atoms with Crippen molar-refractivity contribution >= 4 is 43.9 Å². The molecule has 7 nitrogen and oxygen atoms in total. The van der Waals surface area contributed by atoms with E-state index < -0.39 is 0 Å². The van der Waals surface area contributed by atoms with Crippen LogP contribution in [0, 0.1) is 6.33 Å². The number of nitrogens with zero attached hydrogens (tertiary/aromatic N) is 6. The van der Waals surface area contributed by atoms with E-state index in [0.717, 1.165) is 86.7 Å². The third-order valence-corrected chi connectivity index (χ3v) is 11.4. The molecule has 56 heavy (non-hydrogen) atoms. The van der Waals surface area contributed by atoms with Gasteiger partial charge in [-0.25, -0.2) is 9.97 Å². The van der Waals surface area contributed by atoms with Crippen LogP contribution in [0.15, 0.2) is 121 Å². The van der Waals surface area contributed by atoms with Crippen LogP contribution in [0.1, 0.15) is 71.3 Å². The number of fused-ring (bicyclic) bond motifs is 7. The first kappa shape index (κ1) is 34.3. The predicted molar refractivity (Wildman–Crippen MR) is 226 cm³/mol. The SMILES string of the molecule is CC(C)(C)c1cccc(C(C)(C)C)c1-[n+]1[c-]n(-c2cccc(Oc3ccc4c5ccccc5n(-c5nccc6nc7n(c56)CCCC7)c4c3)c2)c2ccccc21. The van der Waals surface area contributed by atoms with Gasteiger partial charge in [-0.05, 0) is 77.3 Å².